The molecule has 0 heterocycles. The van der Waals surface area contributed by atoms with Gasteiger partial charge < -0.3 is 19.7 Å². The van der Waals surface area contributed by atoms with Gasteiger partial charge in [0.15, 0.2) is 0 Å². The highest BCUT2D eigenvalue weighted by Crippen LogP contribution is 2.28. The van der Waals surface area contributed by atoms with Crippen LogP contribution in [0.25, 0.3) is 0 Å². The van der Waals surface area contributed by atoms with Gasteiger partial charge in [-0.2, -0.15) is 0 Å². The molecule has 8 nitrogen and oxygen atoms in total. The molecule has 26 heavy (non-hydrogen) atoms. The van der Waals surface area contributed by atoms with Crippen LogP contribution in [0, 0.1) is 5.41 Å². The summed E-state index contributed by atoms with van der Waals surface area (Å²) in [5.74, 6) is -3.10. The van der Waals surface area contributed by atoms with Gasteiger partial charge in [-0.15, -0.1) is 0 Å². The summed E-state index contributed by atoms with van der Waals surface area (Å²) in [4.78, 5) is 45.6. The normalized spacial score (nSPS) is 11.0. The van der Waals surface area contributed by atoms with Crippen LogP contribution in [-0.2, 0) is 28.7 Å². The van der Waals surface area contributed by atoms with Crippen molar-refractivity contribution in [3.8, 4) is 0 Å². The van der Waals surface area contributed by atoms with E-state index in [1.807, 2.05) is 0 Å². The minimum atomic E-state index is -1.52. The highest BCUT2D eigenvalue weighted by molar-refractivity contribution is 5.77. The summed E-state index contributed by atoms with van der Waals surface area (Å²) in [6.45, 7) is 2.86. The SMILES string of the molecule is CCCC(=O)OCC(CCCCCC(=O)O)(COC(=O)CCC)C(=O)O. The summed E-state index contributed by atoms with van der Waals surface area (Å²) in [6, 6.07) is 0. The van der Waals surface area contributed by atoms with Gasteiger partial charge in [0, 0.05) is 19.3 Å². The smallest absolute Gasteiger partial charge is 0.316 e. The van der Waals surface area contributed by atoms with E-state index in [9.17, 15) is 24.3 Å². The van der Waals surface area contributed by atoms with Gasteiger partial charge in [0.2, 0.25) is 0 Å². The van der Waals surface area contributed by atoms with Crippen molar-refractivity contribution < 1.29 is 38.9 Å². The largest absolute Gasteiger partial charge is 0.481 e. The fraction of sp³-hybridized carbons (Fsp3) is 0.778. The molecule has 0 fully saturated rings. The minimum Gasteiger partial charge on any atom is -0.481 e. The second-order valence-electron chi connectivity index (χ2n) is 6.36. The zero-order valence-corrected chi connectivity index (χ0v) is 15.6. The second-order valence-corrected chi connectivity index (χ2v) is 6.36. The van der Waals surface area contributed by atoms with Crippen molar-refractivity contribution in [2.45, 2.75) is 71.6 Å². The van der Waals surface area contributed by atoms with E-state index in [-0.39, 0.29) is 38.9 Å². The van der Waals surface area contributed by atoms with Gasteiger partial charge in [-0.25, -0.2) is 0 Å². The zero-order valence-electron chi connectivity index (χ0n) is 15.6. The number of hydrogen-bond donors (Lipinski definition) is 2. The van der Waals surface area contributed by atoms with Crippen molar-refractivity contribution in [1.82, 2.24) is 0 Å². The molecule has 8 heteroatoms. The maximum absolute atomic E-state index is 11.9. The van der Waals surface area contributed by atoms with Gasteiger partial charge in [0.05, 0.1) is 0 Å². The Kier molecular flexibility index (Phi) is 12.1. The number of ether oxygens (including phenoxy) is 2. The first-order valence-electron chi connectivity index (χ1n) is 9.03. The molecule has 0 amide bonds. The molecule has 150 valence electrons. The Hall–Kier alpha value is -2.12. The fourth-order valence-electron chi connectivity index (χ4n) is 2.32. The third-order valence-corrected chi connectivity index (χ3v) is 3.93. The van der Waals surface area contributed by atoms with E-state index >= 15 is 0 Å². The molecule has 0 radical (unpaired) electrons. The molecular formula is C18H30O8. The summed E-state index contributed by atoms with van der Waals surface area (Å²) in [7, 11) is 0. The average Bonchev–Trinajstić information content (AvgIpc) is 2.56. The van der Waals surface area contributed by atoms with Crippen LogP contribution in [0.5, 0.6) is 0 Å². The maximum atomic E-state index is 11.9. The van der Waals surface area contributed by atoms with E-state index in [4.69, 9.17) is 14.6 Å². The quantitative estimate of drug-likeness (QED) is 0.331. The van der Waals surface area contributed by atoms with Crippen LogP contribution in [0.15, 0.2) is 0 Å². The maximum Gasteiger partial charge on any atom is 0.316 e. The lowest BCUT2D eigenvalue weighted by Crippen LogP contribution is -2.41. The number of hydrogen-bond acceptors (Lipinski definition) is 6. The monoisotopic (exact) mass is 374 g/mol. The molecule has 0 aromatic rings. The standard InChI is InChI=1S/C18H30O8/c1-3-8-15(21)25-12-18(17(23)24,13-26-16(22)9-4-2)11-7-5-6-10-14(19)20/h3-13H2,1-2H3,(H,19,20)(H,23,24). The Morgan fingerprint density at radius 1 is 0.769 bits per heavy atom. The number of esters is 2. The number of unbranched alkanes of at least 4 members (excludes halogenated alkanes) is 2. The lowest BCUT2D eigenvalue weighted by atomic mass is 9.84. The molecule has 0 rings (SSSR count). The predicted molar refractivity (Wildman–Crippen MR) is 92.5 cm³/mol. The van der Waals surface area contributed by atoms with Crippen LogP contribution in [0.1, 0.15) is 71.6 Å². The van der Waals surface area contributed by atoms with E-state index in [2.05, 4.69) is 0 Å². The van der Waals surface area contributed by atoms with Crippen LogP contribution in [-0.4, -0.2) is 47.3 Å². The van der Waals surface area contributed by atoms with Crippen molar-refractivity contribution in [1.29, 1.82) is 0 Å². The van der Waals surface area contributed by atoms with Crippen molar-refractivity contribution in [3.63, 3.8) is 0 Å². The molecule has 0 bridgehead atoms. The molecule has 0 unspecified atom stereocenters. The molecule has 0 aliphatic heterocycles. The first kappa shape index (κ1) is 23.9. The summed E-state index contributed by atoms with van der Waals surface area (Å²) in [5.41, 5.74) is -1.52. The lowest BCUT2D eigenvalue weighted by Gasteiger charge is -2.28. The van der Waals surface area contributed by atoms with Crippen LogP contribution < -0.4 is 0 Å². The predicted octanol–water partition coefficient (Wildman–Crippen LogP) is 2.78. The Morgan fingerprint density at radius 2 is 1.27 bits per heavy atom. The third-order valence-electron chi connectivity index (χ3n) is 3.93. The van der Waals surface area contributed by atoms with Crippen molar-refractivity contribution in [2.24, 2.45) is 5.41 Å². The van der Waals surface area contributed by atoms with E-state index in [0.717, 1.165) is 0 Å². The number of carbonyl (C=O) groups excluding carboxylic acids is 2. The van der Waals surface area contributed by atoms with Crippen LogP contribution >= 0.6 is 0 Å². The van der Waals surface area contributed by atoms with Crippen LogP contribution in [0.2, 0.25) is 0 Å². The number of carboxylic acids is 2. The molecule has 0 atom stereocenters. The van der Waals surface area contributed by atoms with Crippen LogP contribution in [0.3, 0.4) is 0 Å². The summed E-state index contributed by atoms with van der Waals surface area (Å²) in [5, 5.41) is 18.3. The van der Waals surface area contributed by atoms with Crippen molar-refractivity contribution in [2.75, 3.05) is 13.2 Å². The topological polar surface area (TPSA) is 127 Å². The Morgan fingerprint density at radius 3 is 1.65 bits per heavy atom. The highest BCUT2D eigenvalue weighted by atomic mass is 16.6. The number of carbonyl (C=O) groups is 4. The number of rotatable bonds is 15. The number of aliphatic carboxylic acids is 2. The average molecular weight is 374 g/mol. The van der Waals surface area contributed by atoms with Gasteiger partial charge in [-0.1, -0.05) is 26.7 Å². The van der Waals surface area contributed by atoms with E-state index < -0.39 is 29.3 Å². The highest BCUT2D eigenvalue weighted by Gasteiger charge is 2.41. The lowest BCUT2D eigenvalue weighted by molar-refractivity contribution is -0.168. The van der Waals surface area contributed by atoms with Gasteiger partial charge in [-0.3, -0.25) is 19.2 Å². The van der Waals surface area contributed by atoms with Gasteiger partial charge in [0.1, 0.15) is 18.6 Å². The molecule has 0 aliphatic rings. The Bertz CT molecular complexity index is 450. The van der Waals surface area contributed by atoms with Gasteiger partial charge in [0.25, 0.3) is 0 Å². The molecule has 0 saturated heterocycles. The summed E-state index contributed by atoms with van der Waals surface area (Å²) < 4.78 is 10.2. The zero-order chi connectivity index (χ0) is 20.0. The fourth-order valence-corrected chi connectivity index (χ4v) is 2.32. The molecule has 0 saturated carbocycles. The summed E-state index contributed by atoms with van der Waals surface area (Å²) >= 11 is 0. The number of carboxylic acid groups (broad SMARTS) is 2. The van der Waals surface area contributed by atoms with Crippen molar-refractivity contribution in [3.05, 3.63) is 0 Å². The molecular weight excluding hydrogens is 344 g/mol. The van der Waals surface area contributed by atoms with Gasteiger partial charge in [-0.05, 0) is 25.7 Å². The van der Waals surface area contributed by atoms with Gasteiger partial charge >= 0.3 is 23.9 Å². The molecule has 0 aliphatic carbocycles. The van der Waals surface area contributed by atoms with E-state index in [0.29, 0.717) is 32.1 Å². The van der Waals surface area contributed by atoms with Crippen molar-refractivity contribution >= 4 is 23.9 Å². The van der Waals surface area contributed by atoms with E-state index in [1.54, 1.807) is 13.8 Å². The Labute approximate surface area is 153 Å². The first-order valence-corrected chi connectivity index (χ1v) is 9.03. The minimum absolute atomic E-state index is 0.0110. The molecule has 0 aromatic heterocycles. The first-order chi connectivity index (χ1) is 12.3. The third kappa shape index (κ3) is 10.0. The molecule has 2 N–H and O–H groups in total. The molecule has 0 aromatic carbocycles. The summed E-state index contributed by atoms with van der Waals surface area (Å²) in [6.07, 6.45) is 3.05. The van der Waals surface area contributed by atoms with Crippen LogP contribution in [0.4, 0.5) is 0 Å². The Balaban J connectivity index is 4.91. The molecule has 0 spiro atoms. The second kappa shape index (κ2) is 13.1. The van der Waals surface area contributed by atoms with E-state index in [1.165, 1.54) is 0 Å².